The van der Waals surface area contributed by atoms with Crippen LogP contribution in [-0.2, 0) is 4.79 Å². The molecule has 0 spiro atoms. The Balaban J connectivity index is 1.81. The predicted octanol–water partition coefficient (Wildman–Crippen LogP) is 3.14. The van der Waals surface area contributed by atoms with Crippen molar-refractivity contribution in [3.63, 3.8) is 0 Å². The summed E-state index contributed by atoms with van der Waals surface area (Å²) in [6, 6.07) is 7.87. The lowest BCUT2D eigenvalue weighted by Gasteiger charge is -2.03. The van der Waals surface area contributed by atoms with Crippen molar-refractivity contribution in [2.45, 2.75) is 0 Å². The number of hydrogen-bond acceptors (Lipinski definition) is 4. The van der Waals surface area contributed by atoms with Gasteiger partial charge >= 0.3 is 6.03 Å². The summed E-state index contributed by atoms with van der Waals surface area (Å²) in [5.41, 5.74) is 0.655. The van der Waals surface area contributed by atoms with E-state index in [-0.39, 0.29) is 6.54 Å². The third-order valence-corrected chi connectivity index (χ3v) is 3.48. The Bertz CT molecular complexity index is 785. The maximum absolute atomic E-state index is 11.3. The summed E-state index contributed by atoms with van der Waals surface area (Å²) in [6.45, 7) is -0.108. The van der Waals surface area contributed by atoms with Crippen molar-refractivity contribution in [3.05, 3.63) is 46.1 Å². The molecule has 2 aromatic rings. The van der Waals surface area contributed by atoms with Crippen molar-refractivity contribution < 1.29 is 14.0 Å². The van der Waals surface area contributed by atoms with Crippen LogP contribution in [0.4, 0.5) is 4.79 Å². The molecule has 0 unspecified atom stereocenters. The fourth-order valence-corrected chi connectivity index (χ4v) is 2.29. The minimum Gasteiger partial charge on any atom is -0.455 e. The standard InChI is InChI=1S/C14H9Cl2N3O3/c15-8-1-3-11(16)10(5-8)12-4-2-9(22-12)6-17-19-7-13(20)18-14(19)21/h1-6H,7H2,(H,18,20,21)/b17-6-. The molecule has 0 atom stereocenters. The minimum atomic E-state index is -0.564. The largest absolute Gasteiger partial charge is 0.455 e. The number of amides is 3. The van der Waals surface area contributed by atoms with Crippen molar-refractivity contribution >= 4 is 41.4 Å². The monoisotopic (exact) mass is 337 g/mol. The number of nitrogens with zero attached hydrogens (tertiary/aromatic N) is 2. The third kappa shape index (κ3) is 2.98. The summed E-state index contributed by atoms with van der Waals surface area (Å²) in [6.07, 6.45) is 1.35. The number of rotatable bonds is 3. The van der Waals surface area contributed by atoms with Gasteiger partial charge in [0.05, 0.1) is 11.2 Å². The maximum atomic E-state index is 11.3. The van der Waals surface area contributed by atoms with Crippen LogP contribution in [0.3, 0.4) is 0 Å². The van der Waals surface area contributed by atoms with E-state index in [4.69, 9.17) is 27.6 Å². The first kappa shape index (κ1) is 14.6. The number of halogens is 2. The fraction of sp³-hybridized carbons (Fsp3) is 0.0714. The van der Waals surface area contributed by atoms with Gasteiger partial charge in [-0.05, 0) is 30.3 Å². The van der Waals surface area contributed by atoms with Gasteiger partial charge in [-0.3, -0.25) is 10.1 Å². The van der Waals surface area contributed by atoms with Crippen molar-refractivity contribution in [1.82, 2.24) is 10.3 Å². The highest BCUT2D eigenvalue weighted by atomic mass is 35.5. The first-order valence-electron chi connectivity index (χ1n) is 6.23. The molecule has 1 aliphatic heterocycles. The predicted molar refractivity (Wildman–Crippen MR) is 82.0 cm³/mol. The van der Waals surface area contributed by atoms with Crippen LogP contribution in [0.25, 0.3) is 11.3 Å². The molecule has 0 saturated carbocycles. The van der Waals surface area contributed by atoms with E-state index in [1.165, 1.54) is 6.21 Å². The number of carbonyl (C=O) groups is 2. The van der Waals surface area contributed by atoms with E-state index in [1.807, 2.05) is 0 Å². The van der Waals surface area contributed by atoms with E-state index in [2.05, 4.69) is 10.4 Å². The average molecular weight is 338 g/mol. The van der Waals surface area contributed by atoms with Crippen LogP contribution in [0.5, 0.6) is 0 Å². The molecule has 8 heteroatoms. The number of benzene rings is 1. The lowest BCUT2D eigenvalue weighted by atomic mass is 10.2. The lowest BCUT2D eigenvalue weighted by molar-refractivity contribution is -0.118. The molecule has 2 heterocycles. The average Bonchev–Trinajstić information content (AvgIpc) is 3.06. The van der Waals surface area contributed by atoms with Gasteiger partial charge in [-0.25, -0.2) is 9.80 Å². The summed E-state index contributed by atoms with van der Waals surface area (Å²) < 4.78 is 5.59. The topological polar surface area (TPSA) is 74.9 Å². The zero-order valence-corrected chi connectivity index (χ0v) is 12.6. The number of nitrogens with one attached hydrogen (secondary N) is 1. The van der Waals surface area contributed by atoms with E-state index in [0.717, 1.165) is 5.01 Å². The molecule has 0 radical (unpaired) electrons. The van der Waals surface area contributed by atoms with E-state index >= 15 is 0 Å². The van der Waals surface area contributed by atoms with Crippen molar-refractivity contribution in [2.75, 3.05) is 6.54 Å². The van der Waals surface area contributed by atoms with Gasteiger partial charge in [-0.1, -0.05) is 23.2 Å². The molecule has 0 bridgehead atoms. The van der Waals surface area contributed by atoms with E-state index < -0.39 is 11.9 Å². The van der Waals surface area contributed by atoms with Crippen molar-refractivity contribution in [3.8, 4) is 11.3 Å². The first-order valence-corrected chi connectivity index (χ1v) is 6.99. The Kier molecular flexibility index (Phi) is 3.87. The molecule has 0 aliphatic carbocycles. The van der Waals surface area contributed by atoms with Gasteiger partial charge in [0, 0.05) is 10.6 Å². The first-order chi connectivity index (χ1) is 10.5. The highest BCUT2D eigenvalue weighted by Crippen LogP contribution is 2.31. The molecule has 22 heavy (non-hydrogen) atoms. The molecule has 6 nitrogen and oxygen atoms in total. The fourth-order valence-electron chi connectivity index (χ4n) is 1.90. The van der Waals surface area contributed by atoms with Crippen molar-refractivity contribution in [1.29, 1.82) is 0 Å². The second-order valence-corrected chi connectivity index (χ2v) is 5.33. The van der Waals surface area contributed by atoms with Crippen LogP contribution in [-0.4, -0.2) is 29.7 Å². The summed E-state index contributed by atoms with van der Waals surface area (Å²) in [4.78, 5) is 22.4. The zero-order valence-electron chi connectivity index (χ0n) is 11.0. The van der Waals surface area contributed by atoms with E-state index in [1.54, 1.807) is 30.3 Å². The molecule has 1 fully saturated rings. The molecular weight excluding hydrogens is 329 g/mol. The number of furan rings is 1. The highest BCUT2D eigenvalue weighted by molar-refractivity contribution is 6.35. The van der Waals surface area contributed by atoms with Crippen LogP contribution in [0.2, 0.25) is 10.0 Å². The molecule has 3 amide bonds. The lowest BCUT2D eigenvalue weighted by Crippen LogP contribution is -2.24. The highest BCUT2D eigenvalue weighted by Gasteiger charge is 2.26. The molecule has 1 aromatic carbocycles. The minimum absolute atomic E-state index is 0.108. The number of hydrogen-bond donors (Lipinski definition) is 1. The van der Waals surface area contributed by atoms with Crippen LogP contribution >= 0.6 is 23.2 Å². The van der Waals surface area contributed by atoms with Gasteiger partial charge in [-0.15, -0.1) is 0 Å². The van der Waals surface area contributed by atoms with Crippen LogP contribution in [0.15, 0.2) is 39.9 Å². The number of urea groups is 1. The van der Waals surface area contributed by atoms with Gasteiger partial charge < -0.3 is 4.42 Å². The molecule has 112 valence electrons. The van der Waals surface area contributed by atoms with E-state index in [0.29, 0.717) is 27.1 Å². The number of imide groups is 1. The molecule has 3 rings (SSSR count). The van der Waals surface area contributed by atoms with Crippen molar-refractivity contribution in [2.24, 2.45) is 5.10 Å². The van der Waals surface area contributed by atoms with Gasteiger partial charge in [0.25, 0.3) is 0 Å². The second-order valence-electron chi connectivity index (χ2n) is 4.48. The van der Waals surface area contributed by atoms with Gasteiger partial charge in [0.1, 0.15) is 18.1 Å². The quantitative estimate of drug-likeness (QED) is 0.690. The Morgan fingerprint density at radius 2 is 2.05 bits per heavy atom. The zero-order chi connectivity index (χ0) is 15.7. The Morgan fingerprint density at radius 1 is 1.23 bits per heavy atom. The molecule has 1 N–H and O–H groups in total. The Labute approximate surface area is 135 Å². The Hall–Kier alpha value is -2.31. The summed E-state index contributed by atoms with van der Waals surface area (Å²) in [5.74, 6) is 0.544. The van der Waals surface area contributed by atoms with Crippen LogP contribution < -0.4 is 5.32 Å². The molecule has 1 aliphatic rings. The normalized spacial score (nSPS) is 14.9. The van der Waals surface area contributed by atoms with Crippen LogP contribution in [0.1, 0.15) is 5.76 Å². The third-order valence-electron chi connectivity index (χ3n) is 2.92. The van der Waals surface area contributed by atoms with E-state index in [9.17, 15) is 9.59 Å². The molecule has 1 aromatic heterocycles. The number of carbonyl (C=O) groups excluding carboxylic acids is 2. The summed E-state index contributed by atoms with van der Waals surface area (Å²) in [5, 5.41) is 8.07. The maximum Gasteiger partial charge on any atom is 0.344 e. The second kappa shape index (κ2) is 5.82. The van der Waals surface area contributed by atoms with Gasteiger partial charge in [0.15, 0.2) is 0 Å². The number of hydrazone groups is 1. The SMILES string of the molecule is O=C1CN(/N=C\c2ccc(-c3cc(Cl)ccc3Cl)o2)C(=O)N1. The van der Waals surface area contributed by atoms with Gasteiger partial charge in [0.2, 0.25) is 5.91 Å². The Morgan fingerprint density at radius 3 is 2.77 bits per heavy atom. The molecule has 1 saturated heterocycles. The molecular formula is C14H9Cl2N3O3. The van der Waals surface area contributed by atoms with Crippen LogP contribution in [0, 0.1) is 0 Å². The van der Waals surface area contributed by atoms with Gasteiger partial charge in [-0.2, -0.15) is 5.10 Å². The summed E-state index contributed by atoms with van der Waals surface area (Å²) >= 11 is 12.0. The summed E-state index contributed by atoms with van der Waals surface area (Å²) in [7, 11) is 0. The smallest absolute Gasteiger partial charge is 0.344 e.